The van der Waals surface area contributed by atoms with E-state index in [9.17, 15) is 4.79 Å². The van der Waals surface area contributed by atoms with Crippen molar-refractivity contribution in [3.05, 3.63) is 66.2 Å². The van der Waals surface area contributed by atoms with Gasteiger partial charge in [0.2, 0.25) is 5.91 Å². The van der Waals surface area contributed by atoms with Crippen LogP contribution in [0.25, 0.3) is 33.3 Å². The number of piperazine rings is 1. The van der Waals surface area contributed by atoms with Gasteiger partial charge in [0.05, 0.1) is 22.5 Å². The summed E-state index contributed by atoms with van der Waals surface area (Å²) in [4.78, 5) is 33.5. The molecule has 2 fully saturated rings. The minimum Gasteiger partial charge on any atom is -0.383 e. The number of carbonyl (C=O) groups excluding carboxylic acids is 1. The Kier molecular flexibility index (Phi) is 6.62. The second-order valence-electron chi connectivity index (χ2n) is 11.3. The largest absolute Gasteiger partial charge is 0.383 e. The topological polar surface area (TPSA) is 122 Å². The molecule has 210 valence electrons. The van der Waals surface area contributed by atoms with E-state index in [1.165, 1.54) is 11.9 Å². The van der Waals surface area contributed by atoms with E-state index in [0.717, 1.165) is 97.4 Å². The Hall–Kier alpha value is -4.31. The molecule has 0 radical (unpaired) electrons. The first-order valence-corrected chi connectivity index (χ1v) is 14.5. The van der Waals surface area contributed by atoms with E-state index in [0.29, 0.717) is 11.9 Å². The number of benzene rings is 2. The number of amides is 1. The summed E-state index contributed by atoms with van der Waals surface area (Å²) in [5, 5.41) is 5.93. The SMILES string of the molecule is CC(=O)N1CCN([C@H]2CC[C@H](n3nc(-c4ccc5[nH]c(Cc6ccccc6)nc5c4)c4c(N)ncnc43)CC2)CC1. The van der Waals surface area contributed by atoms with Crippen LogP contribution in [0, 0.1) is 0 Å². The van der Waals surface area contributed by atoms with Crippen molar-refractivity contribution >= 4 is 33.8 Å². The standard InChI is InChI=1S/C31H35N9O/c1-20(41)38-13-15-39(16-14-38)23-8-10-24(11-9-23)40-31-28(30(32)33-19-34-31)29(37-40)22-7-12-25-26(18-22)36-27(35-25)17-21-5-3-2-4-6-21/h2-7,12,18-19,23-24H,8-11,13-17H2,1H3,(H,35,36)(H2,32,33,34)/t23-,24-. The molecule has 1 saturated heterocycles. The Bertz CT molecular complexity index is 1690. The zero-order valence-corrected chi connectivity index (χ0v) is 23.3. The zero-order chi connectivity index (χ0) is 27.9. The molecule has 0 atom stereocenters. The predicted octanol–water partition coefficient (Wildman–Crippen LogP) is 4.19. The maximum Gasteiger partial charge on any atom is 0.219 e. The van der Waals surface area contributed by atoms with E-state index in [4.69, 9.17) is 15.8 Å². The molecule has 2 aliphatic rings. The average Bonchev–Trinajstić information content (AvgIpc) is 3.59. The summed E-state index contributed by atoms with van der Waals surface area (Å²) < 4.78 is 2.09. The number of imidazole rings is 1. The van der Waals surface area contributed by atoms with Gasteiger partial charge in [-0.05, 0) is 43.4 Å². The third-order valence-electron chi connectivity index (χ3n) is 8.83. The van der Waals surface area contributed by atoms with Gasteiger partial charge >= 0.3 is 0 Å². The molecule has 10 heteroatoms. The van der Waals surface area contributed by atoms with Crippen LogP contribution in [0.5, 0.6) is 0 Å². The molecule has 5 aromatic rings. The number of nitrogens with one attached hydrogen (secondary N) is 1. The van der Waals surface area contributed by atoms with Crippen LogP contribution in [0.2, 0.25) is 0 Å². The van der Waals surface area contributed by atoms with Crippen molar-refractivity contribution in [3.8, 4) is 11.3 Å². The van der Waals surface area contributed by atoms with Gasteiger partial charge in [-0.15, -0.1) is 0 Å². The number of hydrogen-bond donors (Lipinski definition) is 2. The fraction of sp³-hybridized carbons (Fsp3) is 0.387. The van der Waals surface area contributed by atoms with Gasteiger partial charge in [0, 0.05) is 51.1 Å². The molecule has 41 heavy (non-hydrogen) atoms. The van der Waals surface area contributed by atoms with Crippen molar-refractivity contribution in [2.75, 3.05) is 31.9 Å². The van der Waals surface area contributed by atoms with Crippen molar-refractivity contribution < 1.29 is 4.79 Å². The van der Waals surface area contributed by atoms with Crippen LogP contribution in [0.4, 0.5) is 5.82 Å². The maximum atomic E-state index is 11.7. The molecule has 0 spiro atoms. The molecule has 1 saturated carbocycles. The lowest BCUT2D eigenvalue weighted by Crippen LogP contribution is -2.52. The molecule has 2 aromatic carbocycles. The number of nitrogens with two attached hydrogens (primary N) is 1. The second kappa shape index (κ2) is 10.6. The molecule has 1 aliphatic carbocycles. The minimum absolute atomic E-state index is 0.176. The number of aromatic nitrogens is 6. The van der Waals surface area contributed by atoms with Crippen LogP contribution in [-0.4, -0.2) is 77.6 Å². The van der Waals surface area contributed by atoms with Crippen LogP contribution in [0.15, 0.2) is 54.9 Å². The van der Waals surface area contributed by atoms with Gasteiger partial charge < -0.3 is 15.6 Å². The summed E-state index contributed by atoms with van der Waals surface area (Å²) in [5.41, 5.74) is 12.1. The second-order valence-corrected chi connectivity index (χ2v) is 11.3. The maximum absolute atomic E-state index is 11.7. The first-order chi connectivity index (χ1) is 20.0. The normalized spacial score (nSPS) is 20.2. The Morgan fingerprint density at radius 3 is 2.49 bits per heavy atom. The summed E-state index contributed by atoms with van der Waals surface area (Å²) in [7, 11) is 0. The van der Waals surface area contributed by atoms with E-state index < -0.39 is 0 Å². The number of aromatic amines is 1. The molecule has 4 heterocycles. The molecule has 0 bridgehead atoms. The summed E-state index contributed by atoms with van der Waals surface area (Å²) in [6.07, 6.45) is 6.54. The monoisotopic (exact) mass is 549 g/mol. The molecule has 3 N–H and O–H groups in total. The van der Waals surface area contributed by atoms with Gasteiger partial charge in [-0.1, -0.05) is 36.4 Å². The highest BCUT2D eigenvalue weighted by Crippen LogP contribution is 2.37. The fourth-order valence-corrected chi connectivity index (χ4v) is 6.60. The lowest BCUT2D eigenvalue weighted by Gasteiger charge is -2.41. The lowest BCUT2D eigenvalue weighted by molar-refractivity contribution is -0.131. The van der Waals surface area contributed by atoms with Crippen LogP contribution < -0.4 is 5.73 Å². The highest BCUT2D eigenvalue weighted by atomic mass is 16.2. The number of carbonyl (C=O) groups is 1. The first-order valence-electron chi connectivity index (χ1n) is 14.5. The number of hydrogen-bond acceptors (Lipinski definition) is 7. The highest BCUT2D eigenvalue weighted by molar-refractivity contribution is 5.99. The molecular weight excluding hydrogens is 514 g/mol. The smallest absolute Gasteiger partial charge is 0.219 e. The highest BCUT2D eigenvalue weighted by Gasteiger charge is 2.31. The third kappa shape index (κ3) is 4.93. The van der Waals surface area contributed by atoms with Gasteiger partial charge in [0.15, 0.2) is 5.65 Å². The Labute approximate surface area is 238 Å². The number of fused-ring (bicyclic) bond motifs is 2. The number of H-pyrrole nitrogens is 1. The average molecular weight is 550 g/mol. The Morgan fingerprint density at radius 1 is 0.976 bits per heavy atom. The van der Waals surface area contributed by atoms with Crippen molar-refractivity contribution in [3.63, 3.8) is 0 Å². The summed E-state index contributed by atoms with van der Waals surface area (Å²) in [5.74, 6) is 1.55. The first kappa shape index (κ1) is 25.6. The molecule has 3 aromatic heterocycles. The van der Waals surface area contributed by atoms with Crippen molar-refractivity contribution in [2.24, 2.45) is 0 Å². The molecule has 0 unspecified atom stereocenters. The van der Waals surface area contributed by atoms with E-state index in [1.54, 1.807) is 6.92 Å². The number of anilines is 1. The quantitative estimate of drug-likeness (QED) is 0.337. The van der Waals surface area contributed by atoms with Crippen molar-refractivity contribution in [2.45, 2.75) is 51.1 Å². The van der Waals surface area contributed by atoms with Crippen LogP contribution >= 0.6 is 0 Å². The van der Waals surface area contributed by atoms with Crippen LogP contribution in [0.1, 0.15) is 50.0 Å². The van der Waals surface area contributed by atoms with Crippen LogP contribution in [0.3, 0.4) is 0 Å². The van der Waals surface area contributed by atoms with E-state index >= 15 is 0 Å². The molecule has 10 nitrogen and oxygen atoms in total. The lowest BCUT2D eigenvalue weighted by atomic mass is 9.90. The van der Waals surface area contributed by atoms with E-state index in [-0.39, 0.29) is 11.9 Å². The Morgan fingerprint density at radius 2 is 1.73 bits per heavy atom. The number of rotatable bonds is 5. The van der Waals surface area contributed by atoms with Gasteiger partial charge in [-0.2, -0.15) is 5.10 Å². The predicted molar refractivity (Wildman–Crippen MR) is 159 cm³/mol. The number of nitrogen functional groups attached to an aromatic ring is 1. The van der Waals surface area contributed by atoms with Gasteiger partial charge in [-0.3, -0.25) is 9.69 Å². The molecule has 1 aliphatic heterocycles. The van der Waals surface area contributed by atoms with Gasteiger partial charge in [0.1, 0.15) is 23.7 Å². The van der Waals surface area contributed by atoms with Gasteiger partial charge in [-0.25, -0.2) is 19.6 Å². The summed E-state index contributed by atoms with van der Waals surface area (Å²) >= 11 is 0. The van der Waals surface area contributed by atoms with Crippen molar-refractivity contribution in [1.29, 1.82) is 0 Å². The number of nitrogens with zero attached hydrogens (tertiary/aromatic N) is 7. The molecule has 7 rings (SSSR count). The summed E-state index contributed by atoms with van der Waals surface area (Å²) in [6.45, 7) is 5.22. The Balaban J connectivity index is 1.14. The molecule has 1 amide bonds. The van der Waals surface area contributed by atoms with Crippen LogP contribution in [-0.2, 0) is 11.2 Å². The fourth-order valence-electron chi connectivity index (χ4n) is 6.60. The van der Waals surface area contributed by atoms with Gasteiger partial charge in [0.25, 0.3) is 0 Å². The third-order valence-corrected chi connectivity index (χ3v) is 8.83. The van der Waals surface area contributed by atoms with E-state index in [2.05, 4.69) is 54.9 Å². The van der Waals surface area contributed by atoms with Crippen molar-refractivity contribution in [1.82, 2.24) is 39.5 Å². The van der Waals surface area contributed by atoms with E-state index in [1.807, 2.05) is 23.1 Å². The zero-order valence-electron chi connectivity index (χ0n) is 23.3. The minimum atomic E-state index is 0.176. The molecular formula is C31H35N9O. The summed E-state index contributed by atoms with van der Waals surface area (Å²) in [6, 6.07) is 17.4.